The molecule has 0 spiro atoms. The Morgan fingerprint density at radius 3 is 3.06 bits per heavy atom. The number of hydrogen-bond acceptors (Lipinski definition) is 3. The van der Waals surface area contributed by atoms with Crippen molar-refractivity contribution in [2.24, 2.45) is 11.7 Å². The maximum Gasteiger partial charge on any atom is 0.221 e. The van der Waals surface area contributed by atoms with E-state index >= 15 is 0 Å². The number of carbonyl (C=O) groups is 1. The molecule has 0 bridgehead atoms. The highest BCUT2D eigenvalue weighted by molar-refractivity contribution is 6.29. The molecule has 5 heteroatoms. The van der Waals surface area contributed by atoms with Gasteiger partial charge in [-0.25, -0.2) is 4.98 Å². The molecule has 1 aromatic rings. The number of pyridine rings is 1. The predicted molar refractivity (Wildman–Crippen MR) is 61.8 cm³/mol. The molecule has 2 rings (SSSR count). The molecule has 1 unspecified atom stereocenters. The zero-order valence-corrected chi connectivity index (χ0v) is 9.65. The SMILES string of the molecule is NC(=O)C1CCN(Cc2cccc(Cl)n2)C1. The van der Waals surface area contributed by atoms with Crippen molar-refractivity contribution in [3.63, 3.8) is 0 Å². The molecule has 4 nitrogen and oxygen atoms in total. The summed E-state index contributed by atoms with van der Waals surface area (Å²) in [5, 5.41) is 0.503. The molecule has 1 atom stereocenters. The number of halogens is 1. The van der Waals surface area contributed by atoms with Gasteiger partial charge in [0, 0.05) is 13.1 Å². The molecule has 0 aromatic carbocycles. The van der Waals surface area contributed by atoms with Crippen molar-refractivity contribution in [3.8, 4) is 0 Å². The number of likely N-dealkylation sites (tertiary alicyclic amines) is 1. The number of nitrogens with zero attached hydrogens (tertiary/aromatic N) is 2. The zero-order valence-electron chi connectivity index (χ0n) is 8.90. The summed E-state index contributed by atoms with van der Waals surface area (Å²) in [7, 11) is 0. The largest absolute Gasteiger partial charge is 0.369 e. The molecule has 16 heavy (non-hydrogen) atoms. The van der Waals surface area contributed by atoms with Crippen LogP contribution in [0.4, 0.5) is 0 Å². The van der Waals surface area contributed by atoms with E-state index in [1.807, 2.05) is 12.1 Å². The third-order valence-corrected chi connectivity index (χ3v) is 3.04. The molecule has 1 aliphatic heterocycles. The second-order valence-electron chi connectivity index (χ2n) is 4.07. The van der Waals surface area contributed by atoms with Crippen molar-refractivity contribution in [2.45, 2.75) is 13.0 Å². The predicted octanol–water partition coefficient (Wildman–Crippen LogP) is 1.04. The lowest BCUT2D eigenvalue weighted by Gasteiger charge is -2.14. The van der Waals surface area contributed by atoms with Gasteiger partial charge in [-0.15, -0.1) is 0 Å². The van der Waals surface area contributed by atoms with E-state index < -0.39 is 0 Å². The lowest BCUT2D eigenvalue weighted by Crippen LogP contribution is -2.27. The van der Waals surface area contributed by atoms with Gasteiger partial charge in [0.25, 0.3) is 0 Å². The molecule has 86 valence electrons. The summed E-state index contributed by atoms with van der Waals surface area (Å²) in [5.41, 5.74) is 6.20. The molecule has 1 saturated heterocycles. The van der Waals surface area contributed by atoms with E-state index in [-0.39, 0.29) is 11.8 Å². The fraction of sp³-hybridized carbons (Fsp3) is 0.455. The summed E-state index contributed by atoms with van der Waals surface area (Å²) in [4.78, 5) is 17.4. The summed E-state index contributed by atoms with van der Waals surface area (Å²) in [6.07, 6.45) is 0.843. The third kappa shape index (κ3) is 2.71. The first-order chi connectivity index (χ1) is 7.65. The summed E-state index contributed by atoms with van der Waals surface area (Å²) in [6, 6.07) is 5.57. The van der Waals surface area contributed by atoms with Crippen LogP contribution in [0.2, 0.25) is 5.15 Å². The van der Waals surface area contributed by atoms with Crippen LogP contribution in [0.15, 0.2) is 18.2 Å². The number of carbonyl (C=O) groups excluding carboxylic acids is 1. The van der Waals surface area contributed by atoms with Crippen LogP contribution in [-0.4, -0.2) is 28.9 Å². The summed E-state index contributed by atoms with van der Waals surface area (Å²) < 4.78 is 0. The third-order valence-electron chi connectivity index (χ3n) is 2.83. The van der Waals surface area contributed by atoms with Crippen LogP contribution in [-0.2, 0) is 11.3 Å². The number of aromatic nitrogens is 1. The van der Waals surface area contributed by atoms with Gasteiger partial charge >= 0.3 is 0 Å². The van der Waals surface area contributed by atoms with Gasteiger partial charge in [0.2, 0.25) is 5.91 Å². The van der Waals surface area contributed by atoms with Gasteiger partial charge in [-0.05, 0) is 25.1 Å². The zero-order chi connectivity index (χ0) is 11.5. The van der Waals surface area contributed by atoms with E-state index in [0.29, 0.717) is 5.15 Å². The monoisotopic (exact) mass is 239 g/mol. The van der Waals surface area contributed by atoms with Crippen molar-refractivity contribution in [1.29, 1.82) is 0 Å². The Balaban J connectivity index is 1.94. The van der Waals surface area contributed by atoms with E-state index in [2.05, 4.69) is 9.88 Å². The highest BCUT2D eigenvalue weighted by Crippen LogP contribution is 2.18. The minimum absolute atomic E-state index is 0.0146. The lowest BCUT2D eigenvalue weighted by atomic mass is 10.1. The van der Waals surface area contributed by atoms with Crippen molar-refractivity contribution in [2.75, 3.05) is 13.1 Å². The first kappa shape index (κ1) is 11.4. The summed E-state index contributed by atoms with van der Waals surface area (Å²) >= 11 is 5.81. The van der Waals surface area contributed by atoms with Crippen molar-refractivity contribution >= 4 is 17.5 Å². The number of amides is 1. The van der Waals surface area contributed by atoms with Crippen LogP contribution >= 0.6 is 11.6 Å². The molecule has 0 aliphatic carbocycles. The van der Waals surface area contributed by atoms with Crippen LogP contribution in [0.25, 0.3) is 0 Å². The van der Waals surface area contributed by atoms with Crippen molar-refractivity contribution in [3.05, 3.63) is 29.0 Å². The quantitative estimate of drug-likeness (QED) is 0.802. The lowest BCUT2D eigenvalue weighted by molar-refractivity contribution is -0.121. The number of hydrogen-bond donors (Lipinski definition) is 1. The molecule has 2 N–H and O–H groups in total. The molecule has 0 radical (unpaired) electrons. The molecule has 1 aliphatic rings. The van der Waals surface area contributed by atoms with E-state index in [9.17, 15) is 4.79 Å². The molecular weight excluding hydrogens is 226 g/mol. The minimum Gasteiger partial charge on any atom is -0.369 e. The van der Waals surface area contributed by atoms with Gasteiger partial charge in [0.15, 0.2) is 0 Å². The van der Waals surface area contributed by atoms with Crippen LogP contribution in [0.3, 0.4) is 0 Å². The van der Waals surface area contributed by atoms with Gasteiger partial charge in [-0.3, -0.25) is 9.69 Å². The Morgan fingerprint density at radius 2 is 2.44 bits per heavy atom. The van der Waals surface area contributed by atoms with Crippen LogP contribution < -0.4 is 5.73 Å². The summed E-state index contributed by atoms with van der Waals surface area (Å²) in [5.74, 6) is -0.222. The maximum absolute atomic E-state index is 11.0. The number of nitrogens with two attached hydrogens (primary N) is 1. The fourth-order valence-electron chi connectivity index (χ4n) is 1.98. The molecular formula is C11H14ClN3O. The number of rotatable bonds is 3. The van der Waals surface area contributed by atoms with E-state index in [1.54, 1.807) is 6.07 Å². The molecule has 1 aromatic heterocycles. The van der Waals surface area contributed by atoms with Crippen LogP contribution in [0.1, 0.15) is 12.1 Å². The average molecular weight is 240 g/mol. The highest BCUT2D eigenvalue weighted by atomic mass is 35.5. The Kier molecular flexibility index (Phi) is 3.41. The number of primary amides is 1. The van der Waals surface area contributed by atoms with Crippen LogP contribution in [0, 0.1) is 5.92 Å². The Labute approximate surface area is 99.4 Å². The van der Waals surface area contributed by atoms with Gasteiger partial charge in [0.1, 0.15) is 5.15 Å². The fourth-order valence-corrected chi connectivity index (χ4v) is 2.16. The first-order valence-corrected chi connectivity index (χ1v) is 5.66. The van der Waals surface area contributed by atoms with E-state index in [1.165, 1.54) is 0 Å². The smallest absolute Gasteiger partial charge is 0.221 e. The molecule has 0 saturated carbocycles. The second kappa shape index (κ2) is 4.80. The molecule has 2 heterocycles. The van der Waals surface area contributed by atoms with Gasteiger partial charge < -0.3 is 5.73 Å². The van der Waals surface area contributed by atoms with Gasteiger partial charge in [-0.2, -0.15) is 0 Å². The maximum atomic E-state index is 11.0. The van der Waals surface area contributed by atoms with E-state index in [4.69, 9.17) is 17.3 Å². The normalized spacial score (nSPS) is 21.2. The Hall–Kier alpha value is -1.13. The minimum atomic E-state index is -0.207. The van der Waals surface area contributed by atoms with E-state index in [0.717, 1.165) is 31.7 Å². The van der Waals surface area contributed by atoms with Crippen molar-refractivity contribution in [1.82, 2.24) is 9.88 Å². The Morgan fingerprint density at radius 1 is 1.62 bits per heavy atom. The average Bonchev–Trinajstić information content (AvgIpc) is 2.66. The Bertz CT molecular complexity index is 397. The summed E-state index contributed by atoms with van der Waals surface area (Å²) in [6.45, 7) is 2.34. The topological polar surface area (TPSA) is 59.2 Å². The highest BCUT2D eigenvalue weighted by Gasteiger charge is 2.26. The second-order valence-corrected chi connectivity index (χ2v) is 4.46. The first-order valence-electron chi connectivity index (χ1n) is 5.28. The molecule has 1 fully saturated rings. The van der Waals surface area contributed by atoms with Gasteiger partial charge in [-0.1, -0.05) is 17.7 Å². The van der Waals surface area contributed by atoms with Crippen molar-refractivity contribution < 1.29 is 4.79 Å². The molecule has 1 amide bonds. The standard InChI is InChI=1S/C11H14ClN3O/c12-10-3-1-2-9(14-10)7-15-5-4-8(6-15)11(13)16/h1-3,8H,4-7H2,(H2,13,16). The van der Waals surface area contributed by atoms with Gasteiger partial charge in [0.05, 0.1) is 11.6 Å². The van der Waals surface area contributed by atoms with Crippen LogP contribution in [0.5, 0.6) is 0 Å².